The molecule has 0 amide bonds. The van der Waals surface area contributed by atoms with Crippen LogP contribution in [0.4, 0.5) is 0 Å². The number of pyridine rings is 1. The van der Waals surface area contributed by atoms with Crippen molar-refractivity contribution in [2.24, 2.45) is 0 Å². The Morgan fingerprint density at radius 1 is 0.679 bits per heavy atom. The van der Waals surface area contributed by atoms with Gasteiger partial charge in [0.15, 0.2) is 5.54 Å². The summed E-state index contributed by atoms with van der Waals surface area (Å²) < 4.78 is 0. The third kappa shape index (κ3) is 6.88. The Bertz CT molecular complexity index is 2510. The number of unbranched alkanes of at least 4 members (excludes halogenated alkanes) is 1. The Morgan fingerprint density at radius 3 is 1.86 bits per heavy atom. The minimum Gasteiger partial charge on any atom is -0.478 e. The van der Waals surface area contributed by atoms with E-state index in [0.29, 0.717) is 24.2 Å². The number of nitrogens with zero attached hydrogens (tertiary/aromatic N) is 5. The minimum absolute atomic E-state index is 0.396. The Balaban J connectivity index is 1.13. The van der Waals surface area contributed by atoms with Gasteiger partial charge in [0.2, 0.25) is 5.82 Å². The molecule has 0 aliphatic heterocycles. The number of aromatic nitrogens is 5. The highest BCUT2D eigenvalue weighted by atomic mass is 16.4. The van der Waals surface area contributed by atoms with E-state index in [2.05, 4.69) is 73.7 Å². The molecular formula is C49H43N5O2. The molecule has 0 atom stereocenters. The van der Waals surface area contributed by atoms with Crippen LogP contribution in [0.1, 0.15) is 69.2 Å². The van der Waals surface area contributed by atoms with Crippen molar-refractivity contribution in [1.29, 1.82) is 0 Å². The normalized spacial score (nSPS) is 11.5. The molecule has 7 heteroatoms. The fraction of sp³-hybridized carbons (Fsp3) is 0.163. The molecule has 0 saturated heterocycles. The first-order valence-corrected chi connectivity index (χ1v) is 19.3. The van der Waals surface area contributed by atoms with E-state index in [4.69, 9.17) is 20.4 Å². The van der Waals surface area contributed by atoms with Crippen molar-refractivity contribution in [3.63, 3.8) is 0 Å². The molecule has 0 fully saturated rings. The monoisotopic (exact) mass is 733 g/mol. The smallest absolute Gasteiger partial charge is 0.336 e. The van der Waals surface area contributed by atoms with Crippen molar-refractivity contribution >= 4 is 16.9 Å². The maximum Gasteiger partial charge on any atom is 0.336 e. The Hall–Kier alpha value is -6.73. The molecule has 0 bridgehead atoms. The second-order valence-corrected chi connectivity index (χ2v) is 14.3. The highest BCUT2D eigenvalue weighted by Crippen LogP contribution is 2.40. The van der Waals surface area contributed by atoms with Gasteiger partial charge in [-0.3, -0.25) is 4.98 Å². The van der Waals surface area contributed by atoms with Crippen LogP contribution >= 0.6 is 0 Å². The van der Waals surface area contributed by atoms with Gasteiger partial charge < -0.3 is 5.11 Å². The fourth-order valence-corrected chi connectivity index (χ4v) is 7.93. The Kier molecular flexibility index (Phi) is 10.3. The van der Waals surface area contributed by atoms with Crippen LogP contribution in [-0.4, -0.2) is 36.3 Å². The third-order valence-corrected chi connectivity index (χ3v) is 10.7. The average molecular weight is 734 g/mol. The average Bonchev–Trinajstić information content (AvgIpc) is 3.74. The number of aromatic carboxylic acids is 1. The molecule has 1 N–H and O–H groups in total. The first kappa shape index (κ1) is 36.3. The van der Waals surface area contributed by atoms with Gasteiger partial charge in [-0.05, 0) is 88.9 Å². The fourth-order valence-electron chi connectivity index (χ4n) is 7.93. The maximum absolute atomic E-state index is 12.6. The lowest BCUT2D eigenvalue weighted by molar-refractivity contribution is 0.0697. The van der Waals surface area contributed by atoms with Crippen LogP contribution in [0.2, 0.25) is 0 Å². The molecular weight excluding hydrogens is 691 g/mol. The number of rotatable bonds is 13. The molecule has 56 heavy (non-hydrogen) atoms. The van der Waals surface area contributed by atoms with Crippen LogP contribution in [0.25, 0.3) is 33.4 Å². The Labute approximate surface area is 327 Å². The van der Waals surface area contributed by atoms with Crippen molar-refractivity contribution in [3.05, 3.63) is 202 Å². The molecule has 6 aromatic carbocycles. The number of hydrogen-bond acceptors (Lipinski definition) is 5. The zero-order chi connectivity index (χ0) is 38.5. The van der Waals surface area contributed by atoms with Crippen molar-refractivity contribution in [2.75, 3.05) is 0 Å². The van der Waals surface area contributed by atoms with E-state index in [1.165, 1.54) is 0 Å². The second kappa shape index (κ2) is 15.9. The van der Waals surface area contributed by atoms with Crippen LogP contribution in [0.15, 0.2) is 158 Å². The van der Waals surface area contributed by atoms with Crippen molar-refractivity contribution in [3.8, 4) is 22.5 Å². The van der Waals surface area contributed by atoms with Gasteiger partial charge in [0, 0.05) is 16.6 Å². The number of aryl methyl sites for hydroxylation is 3. The number of benzene rings is 6. The van der Waals surface area contributed by atoms with E-state index in [9.17, 15) is 9.90 Å². The van der Waals surface area contributed by atoms with Crippen LogP contribution in [-0.2, 0) is 24.8 Å². The topological polar surface area (TPSA) is 93.8 Å². The quantitative estimate of drug-likeness (QED) is 0.119. The number of carboxylic acid groups (broad SMARTS) is 1. The zero-order valence-electron chi connectivity index (χ0n) is 31.6. The van der Waals surface area contributed by atoms with E-state index in [1.54, 1.807) is 4.80 Å². The molecule has 7 nitrogen and oxygen atoms in total. The maximum atomic E-state index is 12.6. The largest absolute Gasteiger partial charge is 0.478 e. The van der Waals surface area contributed by atoms with Gasteiger partial charge in [0.05, 0.1) is 11.1 Å². The van der Waals surface area contributed by atoms with E-state index in [-0.39, 0.29) is 0 Å². The van der Waals surface area contributed by atoms with Crippen molar-refractivity contribution in [1.82, 2.24) is 25.2 Å². The number of carboxylic acids is 1. The SMILES string of the molecule is CCCCc1c(CCc2ccc(-c3ccccc3-c3nnn(C(c4ccccc4)(c4ccccc4)c4ccccc4)n3)cc2)nc2ccc(C)cc2c1C(=O)O. The summed E-state index contributed by atoms with van der Waals surface area (Å²) >= 11 is 0. The summed E-state index contributed by atoms with van der Waals surface area (Å²) in [7, 11) is 0. The van der Waals surface area contributed by atoms with Gasteiger partial charge in [0.1, 0.15) is 0 Å². The van der Waals surface area contributed by atoms with Gasteiger partial charge in [0.25, 0.3) is 0 Å². The van der Waals surface area contributed by atoms with Crippen LogP contribution in [0.5, 0.6) is 0 Å². The summed E-state index contributed by atoms with van der Waals surface area (Å²) in [5.74, 6) is -0.359. The van der Waals surface area contributed by atoms with E-state index in [0.717, 1.165) is 85.9 Å². The van der Waals surface area contributed by atoms with Gasteiger partial charge >= 0.3 is 5.97 Å². The lowest BCUT2D eigenvalue weighted by atomic mass is 9.77. The van der Waals surface area contributed by atoms with Gasteiger partial charge in [-0.15, -0.1) is 15.0 Å². The minimum atomic E-state index is -0.890. The number of carbonyl (C=O) groups is 1. The molecule has 0 aliphatic carbocycles. The van der Waals surface area contributed by atoms with E-state index < -0.39 is 11.5 Å². The lowest BCUT2D eigenvalue weighted by Crippen LogP contribution is -2.39. The van der Waals surface area contributed by atoms with Gasteiger partial charge in [-0.25, -0.2) is 4.79 Å². The highest BCUT2D eigenvalue weighted by molar-refractivity contribution is 6.04. The summed E-state index contributed by atoms with van der Waals surface area (Å²) in [4.78, 5) is 19.4. The third-order valence-electron chi connectivity index (χ3n) is 10.7. The van der Waals surface area contributed by atoms with Crippen LogP contribution in [0.3, 0.4) is 0 Å². The first-order chi connectivity index (χ1) is 27.5. The molecule has 2 heterocycles. The summed E-state index contributed by atoms with van der Waals surface area (Å²) in [6, 6.07) is 53.7. The molecule has 0 aliphatic rings. The molecule has 0 saturated carbocycles. The number of tetrazole rings is 1. The second-order valence-electron chi connectivity index (χ2n) is 14.3. The number of hydrogen-bond donors (Lipinski definition) is 1. The molecule has 2 aromatic heterocycles. The molecule has 0 radical (unpaired) electrons. The molecule has 8 rings (SSSR count). The number of fused-ring (bicyclic) bond motifs is 1. The zero-order valence-corrected chi connectivity index (χ0v) is 31.6. The lowest BCUT2D eigenvalue weighted by Gasteiger charge is -2.34. The highest BCUT2D eigenvalue weighted by Gasteiger charge is 2.41. The summed E-state index contributed by atoms with van der Waals surface area (Å²) in [6.07, 6.45) is 3.97. The van der Waals surface area contributed by atoms with Crippen molar-refractivity contribution in [2.45, 2.75) is 51.5 Å². The van der Waals surface area contributed by atoms with E-state index in [1.807, 2.05) is 97.9 Å². The predicted octanol–water partition coefficient (Wildman–Crippen LogP) is 10.5. The van der Waals surface area contributed by atoms with Gasteiger partial charge in [-0.2, -0.15) is 0 Å². The van der Waals surface area contributed by atoms with Crippen molar-refractivity contribution < 1.29 is 9.90 Å². The predicted molar refractivity (Wildman–Crippen MR) is 223 cm³/mol. The molecule has 276 valence electrons. The first-order valence-electron chi connectivity index (χ1n) is 19.3. The molecule has 0 spiro atoms. The standard InChI is InChI=1S/C49H43N5O2/c1-3-4-22-42-44(50-45-31-25-34(2)33-43(45)46(42)48(55)56)32-28-35-26-29-36(30-27-35)40-23-14-15-24-41(40)47-51-53-54(52-47)49(37-16-8-5-9-17-37,38-18-10-6-11-19-38)39-20-12-7-13-21-39/h5-21,23-27,29-31,33H,3-4,22,28,32H2,1-2H3,(H,55,56). The molecule has 8 aromatic rings. The summed E-state index contributed by atoms with van der Waals surface area (Å²) in [6.45, 7) is 4.12. The van der Waals surface area contributed by atoms with Crippen LogP contribution < -0.4 is 0 Å². The summed E-state index contributed by atoms with van der Waals surface area (Å²) in [5.41, 5.74) is 10.2. The Morgan fingerprint density at radius 2 is 1.27 bits per heavy atom. The molecule has 0 unspecified atom stereocenters. The van der Waals surface area contributed by atoms with Gasteiger partial charge in [-0.1, -0.05) is 165 Å². The van der Waals surface area contributed by atoms with Crippen LogP contribution in [0, 0.1) is 6.92 Å². The summed E-state index contributed by atoms with van der Waals surface area (Å²) in [5, 5.41) is 25.7. The van der Waals surface area contributed by atoms with E-state index >= 15 is 0 Å².